The smallest absolute Gasteiger partial charge is 0.225 e. The number of carbonyl (C=O) groups is 1. The molecule has 4 nitrogen and oxygen atoms in total. The molecular formula is C14H19NO3. The van der Waals surface area contributed by atoms with Gasteiger partial charge in [0.15, 0.2) is 0 Å². The van der Waals surface area contributed by atoms with Crippen LogP contribution < -0.4 is 0 Å². The monoisotopic (exact) mass is 249 g/mol. The summed E-state index contributed by atoms with van der Waals surface area (Å²) in [6.45, 7) is 4.39. The zero-order valence-corrected chi connectivity index (χ0v) is 10.7. The number of nitrogens with zero attached hydrogens (tertiary/aromatic N) is 1. The molecule has 0 radical (unpaired) electrons. The predicted octanol–water partition coefficient (Wildman–Crippen LogP) is 1.70. The van der Waals surface area contributed by atoms with Crippen molar-refractivity contribution in [1.82, 2.24) is 4.90 Å². The fourth-order valence-corrected chi connectivity index (χ4v) is 2.22. The fraction of sp³-hybridized carbons (Fsp3) is 0.500. The lowest BCUT2D eigenvalue weighted by atomic mass is 9.99. The maximum Gasteiger partial charge on any atom is 0.225 e. The Kier molecular flexibility index (Phi) is 4.20. The Bertz CT molecular complexity index is 431. The Hall–Kier alpha value is -1.55. The molecule has 1 aliphatic rings. The normalized spacial score (nSPS) is 14.4. The van der Waals surface area contributed by atoms with Crippen molar-refractivity contribution in [2.75, 3.05) is 19.8 Å². The second-order valence-corrected chi connectivity index (χ2v) is 4.47. The highest BCUT2D eigenvalue weighted by atomic mass is 16.5. The molecule has 0 bridgehead atoms. The number of fused-ring (bicyclic) bond motifs is 1. The van der Waals surface area contributed by atoms with Crippen LogP contribution in [0.4, 0.5) is 0 Å². The molecule has 1 aromatic rings. The van der Waals surface area contributed by atoms with Crippen molar-refractivity contribution < 1.29 is 14.6 Å². The average Bonchev–Trinajstić information content (AvgIpc) is 2.38. The maximum absolute atomic E-state index is 12.0. The molecule has 0 saturated carbocycles. The molecule has 1 aliphatic heterocycles. The van der Waals surface area contributed by atoms with Crippen LogP contribution in [-0.2, 0) is 22.5 Å². The van der Waals surface area contributed by atoms with Gasteiger partial charge in [-0.25, -0.2) is 0 Å². The minimum absolute atomic E-state index is 0.123. The van der Waals surface area contributed by atoms with Gasteiger partial charge in [0.25, 0.3) is 0 Å². The maximum atomic E-state index is 12.0. The van der Waals surface area contributed by atoms with E-state index < -0.39 is 0 Å². The van der Waals surface area contributed by atoms with E-state index >= 15 is 0 Å². The molecule has 1 amide bonds. The lowest BCUT2D eigenvalue weighted by Crippen LogP contribution is -2.36. The summed E-state index contributed by atoms with van der Waals surface area (Å²) in [5, 5.41) is 9.46. The summed E-state index contributed by atoms with van der Waals surface area (Å²) >= 11 is 0. The van der Waals surface area contributed by atoms with Crippen LogP contribution in [0.15, 0.2) is 18.2 Å². The number of ether oxygens (including phenoxy) is 1. The summed E-state index contributed by atoms with van der Waals surface area (Å²) < 4.78 is 5.20. The van der Waals surface area contributed by atoms with Crippen molar-refractivity contribution in [2.45, 2.75) is 26.3 Å². The first-order valence-electron chi connectivity index (χ1n) is 6.37. The van der Waals surface area contributed by atoms with Gasteiger partial charge < -0.3 is 14.7 Å². The minimum Gasteiger partial charge on any atom is -0.508 e. The van der Waals surface area contributed by atoms with Crippen LogP contribution >= 0.6 is 0 Å². The van der Waals surface area contributed by atoms with E-state index in [1.807, 2.05) is 17.9 Å². The third kappa shape index (κ3) is 3.01. The molecule has 0 saturated heterocycles. The molecule has 1 heterocycles. The van der Waals surface area contributed by atoms with Crippen molar-refractivity contribution in [3.05, 3.63) is 29.3 Å². The molecule has 0 atom stereocenters. The van der Waals surface area contributed by atoms with E-state index in [4.69, 9.17) is 4.74 Å². The van der Waals surface area contributed by atoms with Crippen LogP contribution in [0.25, 0.3) is 0 Å². The molecule has 0 spiro atoms. The molecule has 0 aliphatic carbocycles. The number of benzene rings is 1. The molecule has 2 rings (SSSR count). The van der Waals surface area contributed by atoms with Gasteiger partial charge in [0.1, 0.15) is 5.75 Å². The molecule has 1 aromatic carbocycles. The van der Waals surface area contributed by atoms with Crippen LogP contribution in [-0.4, -0.2) is 35.7 Å². The molecule has 0 unspecified atom stereocenters. The topological polar surface area (TPSA) is 49.8 Å². The Morgan fingerprint density at radius 2 is 2.28 bits per heavy atom. The number of phenolic OH excluding ortho intramolecular Hbond substituents is 1. The number of hydrogen-bond donors (Lipinski definition) is 1. The van der Waals surface area contributed by atoms with E-state index in [9.17, 15) is 9.90 Å². The van der Waals surface area contributed by atoms with Crippen molar-refractivity contribution in [3.8, 4) is 5.75 Å². The summed E-state index contributed by atoms with van der Waals surface area (Å²) in [6, 6.07) is 5.38. The Balaban J connectivity index is 1.96. The van der Waals surface area contributed by atoms with Gasteiger partial charge >= 0.3 is 0 Å². The van der Waals surface area contributed by atoms with Crippen LogP contribution in [0.2, 0.25) is 0 Å². The van der Waals surface area contributed by atoms with Crippen LogP contribution in [0.5, 0.6) is 5.75 Å². The molecule has 98 valence electrons. The van der Waals surface area contributed by atoms with Crippen molar-refractivity contribution in [1.29, 1.82) is 0 Å². The van der Waals surface area contributed by atoms with Crippen molar-refractivity contribution in [3.63, 3.8) is 0 Å². The van der Waals surface area contributed by atoms with Crippen molar-refractivity contribution >= 4 is 5.91 Å². The minimum atomic E-state index is 0.123. The fourth-order valence-electron chi connectivity index (χ4n) is 2.22. The average molecular weight is 249 g/mol. The quantitative estimate of drug-likeness (QED) is 0.826. The Morgan fingerprint density at radius 1 is 1.44 bits per heavy atom. The molecular weight excluding hydrogens is 230 g/mol. The van der Waals surface area contributed by atoms with Crippen molar-refractivity contribution in [2.24, 2.45) is 0 Å². The Labute approximate surface area is 107 Å². The van der Waals surface area contributed by atoms with Gasteiger partial charge in [-0.05, 0) is 36.6 Å². The zero-order chi connectivity index (χ0) is 13.0. The van der Waals surface area contributed by atoms with E-state index in [1.165, 1.54) is 5.56 Å². The number of amides is 1. The molecule has 4 heteroatoms. The third-order valence-electron chi connectivity index (χ3n) is 3.22. The van der Waals surface area contributed by atoms with E-state index in [0.29, 0.717) is 26.2 Å². The zero-order valence-electron chi connectivity index (χ0n) is 10.7. The lowest BCUT2D eigenvalue weighted by molar-refractivity contribution is -0.133. The van der Waals surface area contributed by atoms with E-state index in [2.05, 4.69) is 0 Å². The van der Waals surface area contributed by atoms with Crippen LogP contribution in [0, 0.1) is 0 Å². The summed E-state index contributed by atoms with van der Waals surface area (Å²) in [4.78, 5) is 13.8. The highest BCUT2D eigenvalue weighted by Gasteiger charge is 2.20. The largest absolute Gasteiger partial charge is 0.508 e. The summed E-state index contributed by atoms with van der Waals surface area (Å²) in [6.07, 6.45) is 1.29. The van der Waals surface area contributed by atoms with Crippen LogP contribution in [0.1, 0.15) is 24.5 Å². The van der Waals surface area contributed by atoms with Gasteiger partial charge in [0.05, 0.1) is 13.0 Å². The SMILES string of the molecule is CCOCCC(=O)N1CCc2ccc(O)cc2C1. The number of carbonyl (C=O) groups excluding carboxylic acids is 1. The number of phenols is 1. The van der Waals surface area contributed by atoms with Crippen LogP contribution in [0.3, 0.4) is 0 Å². The first kappa shape index (κ1) is 12.9. The van der Waals surface area contributed by atoms with Gasteiger partial charge in [-0.2, -0.15) is 0 Å². The molecule has 18 heavy (non-hydrogen) atoms. The second kappa shape index (κ2) is 5.87. The standard InChI is InChI=1S/C14H19NO3/c1-2-18-8-6-14(17)15-7-5-11-3-4-13(16)9-12(11)10-15/h3-4,9,16H,2,5-8,10H2,1H3. The van der Waals surface area contributed by atoms with E-state index in [1.54, 1.807) is 12.1 Å². The number of aromatic hydroxyl groups is 1. The molecule has 0 fully saturated rings. The van der Waals surface area contributed by atoms with E-state index in [0.717, 1.165) is 18.5 Å². The van der Waals surface area contributed by atoms with Gasteiger partial charge in [0.2, 0.25) is 5.91 Å². The third-order valence-corrected chi connectivity index (χ3v) is 3.22. The molecule has 0 aromatic heterocycles. The highest BCUT2D eigenvalue weighted by Crippen LogP contribution is 2.23. The van der Waals surface area contributed by atoms with Gasteiger partial charge in [0, 0.05) is 19.7 Å². The summed E-state index contributed by atoms with van der Waals surface area (Å²) in [5.74, 6) is 0.384. The second-order valence-electron chi connectivity index (χ2n) is 4.47. The first-order valence-corrected chi connectivity index (χ1v) is 6.37. The van der Waals surface area contributed by atoms with Gasteiger partial charge in [-0.3, -0.25) is 4.79 Å². The van der Waals surface area contributed by atoms with Gasteiger partial charge in [-0.1, -0.05) is 6.07 Å². The number of hydrogen-bond acceptors (Lipinski definition) is 3. The van der Waals surface area contributed by atoms with Gasteiger partial charge in [-0.15, -0.1) is 0 Å². The Morgan fingerprint density at radius 3 is 3.06 bits per heavy atom. The number of rotatable bonds is 4. The first-order chi connectivity index (χ1) is 8.70. The van der Waals surface area contributed by atoms with E-state index in [-0.39, 0.29) is 11.7 Å². The highest BCUT2D eigenvalue weighted by molar-refractivity contribution is 5.76. The summed E-state index contributed by atoms with van der Waals surface area (Å²) in [5.41, 5.74) is 2.27. The molecule has 1 N–H and O–H groups in total. The lowest BCUT2D eigenvalue weighted by Gasteiger charge is -2.29. The summed E-state index contributed by atoms with van der Waals surface area (Å²) in [7, 11) is 0. The predicted molar refractivity (Wildman–Crippen MR) is 68.3 cm³/mol.